The van der Waals surface area contributed by atoms with Crippen molar-refractivity contribution in [3.05, 3.63) is 40.8 Å². The van der Waals surface area contributed by atoms with Crippen molar-refractivity contribution in [2.24, 2.45) is 0 Å². The number of aryl methyl sites for hydroxylation is 2. The number of carbonyl (C=O) groups is 1. The molecule has 122 valence electrons. The van der Waals surface area contributed by atoms with Gasteiger partial charge in [0.05, 0.1) is 5.69 Å². The molecule has 2 aromatic rings. The van der Waals surface area contributed by atoms with Gasteiger partial charge in [-0.15, -0.1) is 0 Å². The second-order valence-electron chi connectivity index (χ2n) is 6.12. The third kappa shape index (κ3) is 2.85. The van der Waals surface area contributed by atoms with E-state index in [9.17, 15) is 13.6 Å². The van der Waals surface area contributed by atoms with Gasteiger partial charge in [-0.3, -0.25) is 4.79 Å². The number of aromatic amines is 1. The van der Waals surface area contributed by atoms with Gasteiger partial charge in [0.2, 0.25) is 0 Å². The lowest BCUT2D eigenvalue weighted by Crippen LogP contribution is -2.42. The molecule has 1 fully saturated rings. The van der Waals surface area contributed by atoms with Crippen LogP contribution in [0.2, 0.25) is 0 Å². The number of likely N-dealkylation sites (tertiary alicyclic amines) is 1. The molecule has 2 heterocycles. The van der Waals surface area contributed by atoms with Crippen LogP contribution in [-0.4, -0.2) is 33.9 Å². The lowest BCUT2D eigenvalue weighted by molar-refractivity contribution is 0.00855. The monoisotopic (exact) mass is 319 g/mol. The first kappa shape index (κ1) is 15.6. The Labute approximate surface area is 133 Å². The zero-order valence-corrected chi connectivity index (χ0v) is 13.4. The molecule has 4 nitrogen and oxygen atoms in total. The number of benzene rings is 1. The molecular weight excluding hydrogens is 300 g/mol. The number of carbonyl (C=O) groups excluding carboxylic acids is 1. The third-order valence-electron chi connectivity index (χ3n) is 4.18. The fraction of sp³-hybridized carbons (Fsp3) is 0.412. The van der Waals surface area contributed by atoms with E-state index >= 15 is 0 Å². The average molecular weight is 319 g/mol. The molecule has 0 radical (unpaired) electrons. The van der Waals surface area contributed by atoms with Gasteiger partial charge < -0.3 is 9.88 Å². The molecule has 0 unspecified atom stereocenters. The van der Waals surface area contributed by atoms with Gasteiger partial charge in [0.1, 0.15) is 0 Å². The van der Waals surface area contributed by atoms with Gasteiger partial charge in [-0.25, -0.2) is 4.98 Å². The van der Waals surface area contributed by atoms with Crippen LogP contribution in [-0.2, 0) is 5.92 Å². The first-order valence-electron chi connectivity index (χ1n) is 7.62. The summed E-state index contributed by atoms with van der Waals surface area (Å²) in [5, 5.41) is 0. The second kappa shape index (κ2) is 5.44. The normalized spacial score (nSPS) is 14.7. The molecule has 3 rings (SSSR count). The Bertz CT molecular complexity index is 758. The summed E-state index contributed by atoms with van der Waals surface area (Å²) in [7, 11) is 0. The van der Waals surface area contributed by atoms with E-state index in [1.54, 1.807) is 24.0 Å². The Morgan fingerprint density at radius 2 is 2.00 bits per heavy atom. The van der Waals surface area contributed by atoms with Gasteiger partial charge in [0.15, 0.2) is 5.82 Å². The molecule has 1 saturated heterocycles. The van der Waals surface area contributed by atoms with Gasteiger partial charge in [0.25, 0.3) is 5.91 Å². The van der Waals surface area contributed by atoms with Crippen LogP contribution in [0.4, 0.5) is 8.78 Å². The van der Waals surface area contributed by atoms with E-state index in [4.69, 9.17) is 0 Å². The van der Waals surface area contributed by atoms with E-state index in [1.165, 1.54) is 0 Å². The summed E-state index contributed by atoms with van der Waals surface area (Å²) in [6.45, 7) is 5.95. The molecule has 0 aliphatic carbocycles. The molecule has 1 aromatic heterocycles. The van der Waals surface area contributed by atoms with Crippen molar-refractivity contribution in [3.8, 4) is 11.3 Å². The van der Waals surface area contributed by atoms with Gasteiger partial charge in [0, 0.05) is 36.8 Å². The number of imidazole rings is 1. The smallest absolute Gasteiger partial charge is 0.301 e. The topological polar surface area (TPSA) is 49.0 Å². The Morgan fingerprint density at radius 3 is 2.52 bits per heavy atom. The van der Waals surface area contributed by atoms with Gasteiger partial charge in [-0.2, -0.15) is 8.78 Å². The molecule has 0 bridgehead atoms. The lowest BCUT2D eigenvalue weighted by atomic mass is 10.00. The second-order valence-corrected chi connectivity index (χ2v) is 6.12. The van der Waals surface area contributed by atoms with Crippen LogP contribution >= 0.6 is 0 Å². The maximum atomic E-state index is 13.5. The number of hydrogen-bond acceptors (Lipinski definition) is 2. The summed E-state index contributed by atoms with van der Waals surface area (Å²) in [6, 6.07) is 5.35. The predicted molar refractivity (Wildman–Crippen MR) is 83.6 cm³/mol. The molecule has 1 amide bonds. The summed E-state index contributed by atoms with van der Waals surface area (Å²) in [5.41, 5.74) is 3.21. The van der Waals surface area contributed by atoms with Crippen molar-refractivity contribution in [1.29, 1.82) is 0 Å². The van der Waals surface area contributed by atoms with Crippen molar-refractivity contribution in [2.75, 3.05) is 13.1 Å². The Kier molecular flexibility index (Phi) is 3.70. The highest BCUT2D eigenvalue weighted by Gasteiger charge is 2.30. The highest BCUT2D eigenvalue weighted by molar-refractivity contribution is 5.96. The number of alkyl halides is 2. The van der Waals surface area contributed by atoms with E-state index in [-0.39, 0.29) is 11.7 Å². The molecule has 1 aliphatic heterocycles. The van der Waals surface area contributed by atoms with E-state index in [0.717, 1.165) is 32.0 Å². The third-order valence-corrected chi connectivity index (χ3v) is 4.18. The Hall–Kier alpha value is -2.24. The van der Waals surface area contributed by atoms with E-state index in [1.807, 2.05) is 13.0 Å². The fourth-order valence-electron chi connectivity index (χ4n) is 2.64. The van der Waals surface area contributed by atoms with Crippen LogP contribution in [0.3, 0.4) is 0 Å². The number of halogens is 2. The number of hydrogen-bond donors (Lipinski definition) is 1. The molecule has 0 atom stereocenters. The first-order chi connectivity index (χ1) is 10.8. The van der Waals surface area contributed by atoms with Gasteiger partial charge in [-0.1, -0.05) is 6.07 Å². The SMILES string of the molecule is Cc1ccc(C(=O)N2CCC2)cc1-c1nc(C(C)(F)F)[nH]c1C. The van der Waals surface area contributed by atoms with Crippen molar-refractivity contribution in [1.82, 2.24) is 14.9 Å². The largest absolute Gasteiger partial charge is 0.340 e. The molecule has 1 aromatic carbocycles. The average Bonchev–Trinajstić information content (AvgIpc) is 2.79. The Balaban J connectivity index is 2.02. The summed E-state index contributed by atoms with van der Waals surface area (Å²) in [4.78, 5) is 20.8. The zero-order chi connectivity index (χ0) is 16.8. The molecule has 0 saturated carbocycles. The van der Waals surface area contributed by atoms with Gasteiger partial charge >= 0.3 is 5.92 Å². The summed E-state index contributed by atoms with van der Waals surface area (Å²) in [6.07, 6.45) is 1.03. The first-order valence-corrected chi connectivity index (χ1v) is 7.62. The maximum absolute atomic E-state index is 13.5. The van der Waals surface area contributed by atoms with E-state index in [2.05, 4.69) is 9.97 Å². The Morgan fingerprint density at radius 1 is 1.30 bits per heavy atom. The molecule has 1 N–H and O–H groups in total. The molecule has 0 spiro atoms. The van der Waals surface area contributed by atoms with Crippen LogP contribution in [0.1, 0.15) is 40.8 Å². The molecule has 6 heteroatoms. The van der Waals surface area contributed by atoms with E-state index in [0.29, 0.717) is 22.5 Å². The predicted octanol–water partition coefficient (Wildman–Crippen LogP) is 3.65. The molecular formula is C17H19F2N3O. The van der Waals surface area contributed by atoms with Crippen LogP contribution in [0.5, 0.6) is 0 Å². The molecule has 1 aliphatic rings. The summed E-state index contributed by atoms with van der Waals surface area (Å²) >= 11 is 0. The van der Waals surface area contributed by atoms with Crippen molar-refractivity contribution in [3.63, 3.8) is 0 Å². The minimum Gasteiger partial charge on any atom is -0.340 e. The molecule has 23 heavy (non-hydrogen) atoms. The fourth-order valence-corrected chi connectivity index (χ4v) is 2.64. The van der Waals surface area contributed by atoms with Gasteiger partial charge in [-0.05, 0) is 38.0 Å². The summed E-state index contributed by atoms with van der Waals surface area (Å²) < 4.78 is 27.0. The highest BCUT2D eigenvalue weighted by Crippen LogP contribution is 2.31. The minimum absolute atomic E-state index is 0.0215. The summed E-state index contributed by atoms with van der Waals surface area (Å²) in [5.74, 6) is -3.40. The number of nitrogens with one attached hydrogen (secondary N) is 1. The highest BCUT2D eigenvalue weighted by atomic mass is 19.3. The number of nitrogens with zero attached hydrogens (tertiary/aromatic N) is 2. The van der Waals surface area contributed by atoms with Crippen molar-refractivity contribution < 1.29 is 13.6 Å². The van der Waals surface area contributed by atoms with Crippen LogP contribution in [0.25, 0.3) is 11.3 Å². The van der Waals surface area contributed by atoms with Crippen LogP contribution in [0, 0.1) is 13.8 Å². The number of aromatic nitrogens is 2. The van der Waals surface area contributed by atoms with Crippen molar-refractivity contribution >= 4 is 5.91 Å². The standard InChI is InChI=1S/C17H19F2N3O/c1-10-5-6-12(15(23)22-7-4-8-22)9-13(10)14-11(2)20-16(21-14)17(3,18)19/h5-6,9H,4,7-8H2,1-3H3,(H,20,21). The zero-order valence-electron chi connectivity index (χ0n) is 13.4. The number of amides is 1. The van der Waals surface area contributed by atoms with Crippen LogP contribution < -0.4 is 0 Å². The maximum Gasteiger partial charge on any atom is 0.301 e. The van der Waals surface area contributed by atoms with E-state index < -0.39 is 5.92 Å². The van der Waals surface area contributed by atoms with Crippen LogP contribution in [0.15, 0.2) is 18.2 Å². The number of rotatable bonds is 3. The quantitative estimate of drug-likeness (QED) is 0.939. The number of H-pyrrole nitrogens is 1. The van der Waals surface area contributed by atoms with Crippen molar-refractivity contribution in [2.45, 2.75) is 33.1 Å². The minimum atomic E-state index is -3.03. The lowest BCUT2D eigenvalue weighted by Gasteiger charge is -2.31.